The van der Waals surface area contributed by atoms with E-state index in [9.17, 15) is 0 Å². The van der Waals surface area contributed by atoms with Crippen LogP contribution in [-0.2, 0) is 6.54 Å². The van der Waals surface area contributed by atoms with E-state index in [4.69, 9.17) is 0 Å². The lowest BCUT2D eigenvalue weighted by atomic mass is 10.1. The fraction of sp³-hybridized carbons (Fsp3) is 0.400. The molecule has 1 aromatic heterocycles. The molecular weight excluding hydrogens is 250 g/mol. The van der Waals surface area contributed by atoms with Crippen molar-refractivity contribution in [3.8, 4) is 0 Å². The highest BCUT2D eigenvalue weighted by molar-refractivity contribution is 5.39. The van der Waals surface area contributed by atoms with Crippen molar-refractivity contribution in [3.63, 3.8) is 0 Å². The van der Waals surface area contributed by atoms with Crippen LogP contribution in [0.3, 0.4) is 0 Å². The SMILES string of the molecule is CCN(CC)c1nncc(NCc2ccc(C)cc2)n1. The summed E-state index contributed by atoms with van der Waals surface area (Å²) in [5.41, 5.74) is 2.49. The minimum atomic E-state index is 0.670. The molecule has 2 rings (SSSR count). The Morgan fingerprint density at radius 1 is 1.10 bits per heavy atom. The van der Waals surface area contributed by atoms with Crippen molar-refractivity contribution < 1.29 is 0 Å². The van der Waals surface area contributed by atoms with Gasteiger partial charge in [0.15, 0.2) is 5.82 Å². The monoisotopic (exact) mass is 271 g/mol. The summed E-state index contributed by atoms with van der Waals surface area (Å²) >= 11 is 0. The van der Waals surface area contributed by atoms with Gasteiger partial charge in [-0.2, -0.15) is 10.1 Å². The molecule has 1 heterocycles. The summed E-state index contributed by atoms with van der Waals surface area (Å²) in [6.07, 6.45) is 1.65. The molecule has 0 aliphatic rings. The van der Waals surface area contributed by atoms with Crippen molar-refractivity contribution in [1.82, 2.24) is 15.2 Å². The third-order valence-electron chi connectivity index (χ3n) is 3.19. The molecule has 0 aliphatic carbocycles. The van der Waals surface area contributed by atoms with E-state index in [1.807, 2.05) is 0 Å². The van der Waals surface area contributed by atoms with Crippen molar-refractivity contribution in [1.29, 1.82) is 0 Å². The molecule has 0 aliphatic heterocycles. The molecule has 20 heavy (non-hydrogen) atoms. The lowest BCUT2D eigenvalue weighted by Crippen LogP contribution is -2.24. The summed E-state index contributed by atoms with van der Waals surface area (Å²) < 4.78 is 0. The first-order chi connectivity index (χ1) is 9.72. The summed E-state index contributed by atoms with van der Waals surface area (Å²) in [5.74, 6) is 1.42. The maximum absolute atomic E-state index is 4.49. The highest BCUT2D eigenvalue weighted by Crippen LogP contribution is 2.10. The smallest absolute Gasteiger partial charge is 0.247 e. The van der Waals surface area contributed by atoms with Crippen molar-refractivity contribution >= 4 is 11.8 Å². The number of anilines is 2. The van der Waals surface area contributed by atoms with Crippen LogP contribution in [0.4, 0.5) is 11.8 Å². The Kier molecular flexibility index (Phi) is 4.87. The number of nitrogens with zero attached hydrogens (tertiary/aromatic N) is 4. The molecule has 0 radical (unpaired) electrons. The zero-order chi connectivity index (χ0) is 14.4. The van der Waals surface area contributed by atoms with E-state index in [1.54, 1.807) is 6.20 Å². The number of benzene rings is 1. The Morgan fingerprint density at radius 2 is 1.80 bits per heavy atom. The zero-order valence-corrected chi connectivity index (χ0v) is 12.3. The van der Waals surface area contributed by atoms with Crippen LogP contribution < -0.4 is 10.2 Å². The van der Waals surface area contributed by atoms with Crippen molar-refractivity contribution in [2.75, 3.05) is 23.3 Å². The lowest BCUT2D eigenvalue weighted by molar-refractivity contribution is 0.794. The molecule has 5 heteroatoms. The Morgan fingerprint density at radius 3 is 2.45 bits per heavy atom. The molecule has 1 N–H and O–H groups in total. The maximum atomic E-state index is 4.49. The van der Waals surface area contributed by atoms with Crippen molar-refractivity contribution in [3.05, 3.63) is 41.6 Å². The summed E-state index contributed by atoms with van der Waals surface area (Å²) in [5, 5.41) is 11.4. The average Bonchev–Trinajstić information content (AvgIpc) is 2.48. The van der Waals surface area contributed by atoms with E-state index >= 15 is 0 Å². The Hall–Kier alpha value is -2.17. The second-order valence-corrected chi connectivity index (χ2v) is 4.65. The third kappa shape index (κ3) is 3.66. The molecule has 1 aromatic carbocycles. The third-order valence-corrected chi connectivity index (χ3v) is 3.19. The zero-order valence-electron chi connectivity index (χ0n) is 12.3. The van der Waals surface area contributed by atoms with Crippen LogP contribution in [0.5, 0.6) is 0 Å². The van der Waals surface area contributed by atoms with Crippen LogP contribution in [0.15, 0.2) is 30.5 Å². The van der Waals surface area contributed by atoms with E-state index in [0.717, 1.165) is 25.5 Å². The van der Waals surface area contributed by atoms with Gasteiger partial charge in [-0.15, -0.1) is 5.10 Å². The quantitative estimate of drug-likeness (QED) is 0.875. The predicted octanol–water partition coefficient (Wildman–Crippen LogP) is 2.64. The highest BCUT2D eigenvalue weighted by Gasteiger charge is 2.06. The number of nitrogens with one attached hydrogen (secondary N) is 1. The Bertz CT molecular complexity index is 534. The van der Waals surface area contributed by atoms with Gasteiger partial charge in [0.1, 0.15) is 0 Å². The summed E-state index contributed by atoms with van der Waals surface area (Å²) in [7, 11) is 0. The number of hydrogen-bond donors (Lipinski definition) is 1. The molecule has 0 atom stereocenters. The van der Waals surface area contributed by atoms with Crippen LogP contribution in [0, 0.1) is 6.92 Å². The van der Waals surface area contributed by atoms with Gasteiger partial charge in [0, 0.05) is 19.6 Å². The van der Waals surface area contributed by atoms with E-state index in [0.29, 0.717) is 5.95 Å². The molecule has 0 unspecified atom stereocenters. The van der Waals surface area contributed by atoms with E-state index in [-0.39, 0.29) is 0 Å². The summed E-state index contributed by atoms with van der Waals surface area (Å²) in [4.78, 5) is 6.56. The molecule has 2 aromatic rings. The first kappa shape index (κ1) is 14.2. The van der Waals surface area contributed by atoms with Crippen LogP contribution in [0.1, 0.15) is 25.0 Å². The molecule has 0 fully saturated rings. The minimum Gasteiger partial charge on any atom is -0.365 e. The molecule has 0 saturated heterocycles. The minimum absolute atomic E-state index is 0.670. The Balaban J connectivity index is 2.02. The van der Waals surface area contributed by atoms with Gasteiger partial charge in [0.25, 0.3) is 0 Å². The number of hydrogen-bond acceptors (Lipinski definition) is 5. The highest BCUT2D eigenvalue weighted by atomic mass is 15.3. The fourth-order valence-electron chi connectivity index (χ4n) is 1.92. The van der Waals surface area contributed by atoms with Crippen molar-refractivity contribution in [2.45, 2.75) is 27.3 Å². The van der Waals surface area contributed by atoms with Crippen LogP contribution in [-0.4, -0.2) is 28.3 Å². The number of aryl methyl sites for hydroxylation is 1. The first-order valence-electron chi connectivity index (χ1n) is 6.97. The largest absolute Gasteiger partial charge is 0.365 e. The van der Waals surface area contributed by atoms with E-state index < -0.39 is 0 Å². The van der Waals surface area contributed by atoms with Gasteiger partial charge in [0.05, 0.1) is 6.20 Å². The standard InChI is InChI=1S/C15H21N5/c1-4-20(5-2)15-18-14(11-17-19-15)16-10-13-8-6-12(3)7-9-13/h6-9,11H,4-5,10H2,1-3H3,(H,16,18,19). The maximum Gasteiger partial charge on any atom is 0.247 e. The molecule has 0 bridgehead atoms. The first-order valence-corrected chi connectivity index (χ1v) is 6.97. The van der Waals surface area contributed by atoms with Crippen LogP contribution in [0.2, 0.25) is 0 Å². The second kappa shape index (κ2) is 6.84. The normalized spacial score (nSPS) is 10.3. The van der Waals surface area contributed by atoms with Gasteiger partial charge in [-0.1, -0.05) is 29.8 Å². The van der Waals surface area contributed by atoms with Crippen molar-refractivity contribution in [2.24, 2.45) is 0 Å². The fourth-order valence-corrected chi connectivity index (χ4v) is 1.92. The molecule has 0 amide bonds. The van der Waals surface area contributed by atoms with Gasteiger partial charge in [-0.3, -0.25) is 0 Å². The van der Waals surface area contributed by atoms with E-state index in [1.165, 1.54) is 11.1 Å². The molecule has 5 nitrogen and oxygen atoms in total. The number of rotatable bonds is 6. The van der Waals surface area contributed by atoms with E-state index in [2.05, 4.69) is 70.4 Å². The van der Waals surface area contributed by atoms with Gasteiger partial charge >= 0.3 is 0 Å². The van der Waals surface area contributed by atoms with Gasteiger partial charge in [-0.05, 0) is 26.3 Å². The molecule has 0 saturated carbocycles. The van der Waals surface area contributed by atoms with Crippen LogP contribution in [0.25, 0.3) is 0 Å². The average molecular weight is 271 g/mol. The Labute approximate surface area is 120 Å². The molecular formula is C15H21N5. The van der Waals surface area contributed by atoms with Crippen LogP contribution >= 0.6 is 0 Å². The lowest BCUT2D eigenvalue weighted by Gasteiger charge is -2.18. The van der Waals surface area contributed by atoms with Gasteiger partial charge in [-0.25, -0.2) is 0 Å². The summed E-state index contributed by atoms with van der Waals surface area (Å²) in [6, 6.07) is 8.44. The molecule has 0 spiro atoms. The number of aromatic nitrogens is 3. The van der Waals surface area contributed by atoms with Gasteiger partial charge in [0.2, 0.25) is 5.95 Å². The summed E-state index contributed by atoms with van der Waals surface area (Å²) in [6.45, 7) is 8.73. The second-order valence-electron chi connectivity index (χ2n) is 4.65. The van der Waals surface area contributed by atoms with Gasteiger partial charge < -0.3 is 10.2 Å². The topological polar surface area (TPSA) is 53.9 Å². The molecule has 106 valence electrons. The predicted molar refractivity (Wildman–Crippen MR) is 81.9 cm³/mol.